The van der Waals surface area contributed by atoms with Gasteiger partial charge < -0.3 is 15.2 Å². The molecule has 2 heterocycles. The molecule has 0 aliphatic carbocycles. The zero-order valence-electron chi connectivity index (χ0n) is 16.5. The number of ether oxygens (including phenoxy) is 1. The minimum absolute atomic E-state index is 0.0345. The van der Waals surface area contributed by atoms with E-state index in [1.54, 1.807) is 0 Å². The van der Waals surface area contributed by atoms with Crippen molar-refractivity contribution in [1.82, 2.24) is 14.6 Å². The van der Waals surface area contributed by atoms with Crippen molar-refractivity contribution in [3.63, 3.8) is 0 Å². The number of hydrogen-bond donors (Lipinski definition) is 2. The van der Waals surface area contributed by atoms with Crippen LogP contribution in [0.4, 0.5) is 5.82 Å². The Morgan fingerprint density at radius 2 is 1.89 bits per heavy atom. The summed E-state index contributed by atoms with van der Waals surface area (Å²) in [6.07, 6.45) is 1.87. The Morgan fingerprint density at radius 3 is 2.56 bits per heavy atom. The first-order valence-electron chi connectivity index (χ1n) is 9.29. The van der Waals surface area contributed by atoms with Gasteiger partial charge in [0.05, 0.1) is 31.7 Å². The topological polar surface area (TPSA) is 71.7 Å². The Bertz CT molecular complexity index is 895. The smallest absolute Gasteiger partial charge is 0.165 e. The normalized spacial score (nSPS) is 11.9. The van der Waals surface area contributed by atoms with E-state index in [1.807, 2.05) is 16.8 Å². The largest absolute Gasteiger partial charge is 0.394 e. The van der Waals surface area contributed by atoms with Crippen LogP contribution in [0, 0.1) is 6.92 Å². The second-order valence-corrected chi connectivity index (χ2v) is 7.70. The highest BCUT2D eigenvalue weighted by molar-refractivity contribution is 5.78. The summed E-state index contributed by atoms with van der Waals surface area (Å²) in [6.45, 7) is 10.1. The zero-order valence-corrected chi connectivity index (χ0v) is 16.5. The van der Waals surface area contributed by atoms with E-state index >= 15 is 0 Å². The van der Waals surface area contributed by atoms with Crippen LogP contribution in [0.5, 0.6) is 0 Å². The third-order valence-electron chi connectivity index (χ3n) is 4.39. The van der Waals surface area contributed by atoms with Crippen LogP contribution in [0.1, 0.15) is 32.0 Å². The number of rotatable bonds is 7. The van der Waals surface area contributed by atoms with Crippen molar-refractivity contribution in [1.29, 1.82) is 0 Å². The van der Waals surface area contributed by atoms with Crippen LogP contribution in [0.3, 0.4) is 0 Å². The monoisotopic (exact) mass is 368 g/mol. The van der Waals surface area contributed by atoms with E-state index in [-0.39, 0.29) is 12.0 Å². The van der Waals surface area contributed by atoms with Gasteiger partial charge in [-0.2, -0.15) is 9.61 Å². The lowest BCUT2D eigenvalue weighted by Gasteiger charge is -2.20. The highest BCUT2D eigenvalue weighted by atomic mass is 16.5. The molecular weight excluding hydrogens is 340 g/mol. The van der Waals surface area contributed by atoms with Crippen LogP contribution in [-0.4, -0.2) is 46.1 Å². The molecule has 6 heteroatoms. The molecule has 27 heavy (non-hydrogen) atoms. The van der Waals surface area contributed by atoms with Gasteiger partial charge in [0.25, 0.3) is 0 Å². The summed E-state index contributed by atoms with van der Waals surface area (Å²) in [5, 5.41) is 16.8. The Hall–Kier alpha value is -2.44. The number of aromatic nitrogens is 3. The molecule has 0 radical (unpaired) electrons. The molecule has 0 saturated heterocycles. The molecular formula is C21H28N4O2. The minimum Gasteiger partial charge on any atom is -0.394 e. The van der Waals surface area contributed by atoms with Gasteiger partial charge in [-0.3, -0.25) is 0 Å². The summed E-state index contributed by atoms with van der Waals surface area (Å²) in [5.41, 5.74) is 5.10. The number of benzene rings is 1. The van der Waals surface area contributed by atoms with Gasteiger partial charge in [0, 0.05) is 23.6 Å². The van der Waals surface area contributed by atoms with Crippen molar-refractivity contribution in [2.45, 2.75) is 33.1 Å². The van der Waals surface area contributed by atoms with E-state index in [1.165, 1.54) is 5.56 Å². The molecule has 0 unspecified atom stereocenters. The number of hydrogen-bond acceptors (Lipinski definition) is 5. The van der Waals surface area contributed by atoms with Crippen LogP contribution >= 0.6 is 0 Å². The van der Waals surface area contributed by atoms with E-state index in [9.17, 15) is 0 Å². The van der Waals surface area contributed by atoms with Gasteiger partial charge >= 0.3 is 0 Å². The van der Waals surface area contributed by atoms with E-state index in [0.29, 0.717) is 19.8 Å². The first kappa shape index (κ1) is 19.3. The maximum Gasteiger partial charge on any atom is 0.165 e. The predicted octanol–water partition coefficient (Wildman–Crippen LogP) is 3.42. The molecule has 3 rings (SSSR count). The lowest BCUT2D eigenvalue weighted by atomic mass is 9.92. The van der Waals surface area contributed by atoms with Gasteiger partial charge in [0.1, 0.15) is 5.82 Å². The molecule has 0 aliphatic rings. The van der Waals surface area contributed by atoms with Gasteiger partial charge in [0.15, 0.2) is 5.65 Å². The van der Waals surface area contributed by atoms with E-state index in [4.69, 9.17) is 14.8 Å². The Morgan fingerprint density at radius 1 is 1.15 bits per heavy atom. The Kier molecular flexibility index (Phi) is 5.77. The molecule has 2 N–H and O–H groups in total. The summed E-state index contributed by atoms with van der Waals surface area (Å²) in [6, 6.07) is 10.5. The van der Waals surface area contributed by atoms with Gasteiger partial charge in [-0.1, -0.05) is 50.6 Å². The van der Waals surface area contributed by atoms with Crippen LogP contribution in [0.25, 0.3) is 16.8 Å². The van der Waals surface area contributed by atoms with Crippen LogP contribution in [0.2, 0.25) is 0 Å². The molecule has 2 aromatic heterocycles. The number of aryl methyl sites for hydroxylation is 1. The van der Waals surface area contributed by atoms with Crippen molar-refractivity contribution in [2.24, 2.45) is 0 Å². The average molecular weight is 368 g/mol. The molecule has 1 aromatic carbocycles. The van der Waals surface area contributed by atoms with Gasteiger partial charge in [0.2, 0.25) is 0 Å². The summed E-state index contributed by atoms with van der Waals surface area (Å²) >= 11 is 0. The van der Waals surface area contributed by atoms with E-state index in [2.05, 4.69) is 62.4 Å². The summed E-state index contributed by atoms with van der Waals surface area (Å²) < 4.78 is 7.19. The summed E-state index contributed by atoms with van der Waals surface area (Å²) in [7, 11) is 0. The van der Waals surface area contributed by atoms with E-state index < -0.39 is 0 Å². The van der Waals surface area contributed by atoms with Crippen molar-refractivity contribution in [3.05, 3.63) is 47.8 Å². The molecule has 0 amide bonds. The third-order valence-corrected chi connectivity index (χ3v) is 4.39. The zero-order chi connectivity index (χ0) is 19.4. The lowest BCUT2D eigenvalue weighted by Crippen LogP contribution is -2.18. The molecule has 0 saturated carbocycles. The highest BCUT2D eigenvalue weighted by Gasteiger charge is 2.20. The fourth-order valence-electron chi connectivity index (χ4n) is 2.83. The number of fused-ring (bicyclic) bond motifs is 1. The Balaban J connectivity index is 2.00. The SMILES string of the molecule is Cc1ccc(-c2cnn3c(NCCOCCO)cc(C(C)(C)C)nc23)cc1. The maximum absolute atomic E-state index is 8.81. The predicted molar refractivity (Wildman–Crippen MR) is 108 cm³/mol. The third kappa shape index (κ3) is 4.46. The molecule has 0 bridgehead atoms. The van der Waals surface area contributed by atoms with Crippen molar-refractivity contribution >= 4 is 11.5 Å². The van der Waals surface area contributed by atoms with Crippen LogP contribution in [-0.2, 0) is 10.2 Å². The van der Waals surface area contributed by atoms with E-state index in [0.717, 1.165) is 28.3 Å². The van der Waals surface area contributed by atoms with Gasteiger partial charge in [-0.25, -0.2) is 4.98 Å². The quantitative estimate of drug-likeness (QED) is 0.625. The number of aliphatic hydroxyl groups is 1. The lowest BCUT2D eigenvalue weighted by molar-refractivity contribution is 0.0991. The molecule has 0 aliphatic heterocycles. The highest BCUT2D eigenvalue weighted by Crippen LogP contribution is 2.29. The maximum atomic E-state index is 8.81. The van der Waals surface area contributed by atoms with Gasteiger partial charge in [-0.15, -0.1) is 0 Å². The molecule has 0 spiro atoms. The molecule has 144 valence electrons. The second kappa shape index (κ2) is 8.06. The molecule has 0 fully saturated rings. The molecule has 3 aromatic rings. The first-order valence-corrected chi connectivity index (χ1v) is 9.29. The van der Waals surface area contributed by atoms with Crippen LogP contribution < -0.4 is 5.32 Å². The average Bonchev–Trinajstić information content (AvgIpc) is 3.05. The van der Waals surface area contributed by atoms with Crippen molar-refractivity contribution in [3.8, 4) is 11.1 Å². The molecule has 6 nitrogen and oxygen atoms in total. The minimum atomic E-state index is -0.0830. The number of anilines is 1. The van der Waals surface area contributed by atoms with Crippen LogP contribution in [0.15, 0.2) is 36.5 Å². The Labute approximate surface area is 160 Å². The number of aliphatic hydroxyl groups excluding tert-OH is 1. The molecule has 0 atom stereocenters. The van der Waals surface area contributed by atoms with Gasteiger partial charge in [-0.05, 0) is 12.5 Å². The van der Waals surface area contributed by atoms with Crippen molar-refractivity contribution < 1.29 is 9.84 Å². The number of nitrogens with one attached hydrogen (secondary N) is 1. The fraction of sp³-hybridized carbons (Fsp3) is 0.429. The van der Waals surface area contributed by atoms with Crippen molar-refractivity contribution in [2.75, 3.05) is 31.7 Å². The summed E-state index contributed by atoms with van der Waals surface area (Å²) in [4.78, 5) is 4.92. The number of nitrogens with zero attached hydrogens (tertiary/aromatic N) is 3. The standard InChI is InChI=1S/C21H28N4O2/c1-15-5-7-16(8-6-15)17-14-23-25-19(22-9-11-27-12-10-26)13-18(21(2,3)4)24-20(17)25/h5-8,13-14,22,26H,9-12H2,1-4H3. The summed E-state index contributed by atoms with van der Waals surface area (Å²) in [5.74, 6) is 0.885. The first-order chi connectivity index (χ1) is 12.9. The second-order valence-electron chi connectivity index (χ2n) is 7.70. The fourth-order valence-corrected chi connectivity index (χ4v) is 2.83.